The van der Waals surface area contributed by atoms with Crippen LogP contribution in [0.4, 0.5) is 0 Å². The number of aryl methyl sites for hydroxylation is 2. The first-order valence-corrected chi connectivity index (χ1v) is 16.7. The molecule has 0 unspecified atom stereocenters. The van der Waals surface area contributed by atoms with Crippen LogP contribution in [0.2, 0.25) is 0 Å². The van der Waals surface area contributed by atoms with Gasteiger partial charge in [0.2, 0.25) is 0 Å². The summed E-state index contributed by atoms with van der Waals surface area (Å²) in [5, 5.41) is 10.9. The van der Waals surface area contributed by atoms with Crippen molar-refractivity contribution in [2.24, 2.45) is 0 Å². The summed E-state index contributed by atoms with van der Waals surface area (Å²) in [6.07, 6.45) is 1.95. The molecule has 0 saturated carbocycles. The molecule has 0 fully saturated rings. The van der Waals surface area contributed by atoms with E-state index in [1.807, 2.05) is 0 Å². The van der Waals surface area contributed by atoms with Gasteiger partial charge in [-0.1, -0.05) is 115 Å². The fourth-order valence-electron chi connectivity index (χ4n) is 8.46. The zero-order valence-electron chi connectivity index (χ0n) is 26.1. The third-order valence-corrected chi connectivity index (χ3v) is 10.5. The smallest absolute Gasteiger partial charge is 0.136 e. The van der Waals surface area contributed by atoms with Crippen molar-refractivity contribution in [3.63, 3.8) is 0 Å². The van der Waals surface area contributed by atoms with E-state index in [0.717, 1.165) is 40.7 Å². The molecule has 0 radical (unpaired) electrons. The van der Waals surface area contributed by atoms with Gasteiger partial charge in [-0.15, -0.1) is 0 Å². The molecule has 0 saturated heterocycles. The summed E-state index contributed by atoms with van der Waals surface area (Å²) >= 11 is 0. The second-order valence-corrected chi connectivity index (χ2v) is 13.1. The van der Waals surface area contributed by atoms with Crippen LogP contribution in [0, 0.1) is 0 Å². The molecule has 0 aliphatic heterocycles. The molecule has 2 aromatic heterocycles. The van der Waals surface area contributed by atoms with Crippen LogP contribution < -0.4 is 0 Å². The van der Waals surface area contributed by atoms with Crippen molar-refractivity contribution >= 4 is 65.2 Å². The van der Waals surface area contributed by atoms with Crippen LogP contribution in [0.25, 0.3) is 98.6 Å². The maximum absolute atomic E-state index is 6.47. The summed E-state index contributed by atoms with van der Waals surface area (Å²) in [6.45, 7) is 0. The molecule has 224 valence electrons. The highest BCUT2D eigenvalue weighted by atomic mass is 16.3. The molecule has 0 spiro atoms. The third kappa shape index (κ3) is 3.57. The second-order valence-electron chi connectivity index (χ2n) is 13.1. The van der Waals surface area contributed by atoms with E-state index in [2.05, 4.69) is 146 Å². The van der Waals surface area contributed by atoms with Gasteiger partial charge >= 0.3 is 0 Å². The van der Waals surface area contributed by atoms with Gasteiger partial charge in [0.25, 0.3) is 0 Å². The predicted molar refractivity (Wildman–Crippen MR) is 200 cm³/mol. The lowest BCUT2D eigenvalue weighted by Gasteiger charge is -2.18. The van der Waals surface area contributed by atoms with E-state index < -0.39 is 0 Å². The Balaban J connectivity index is 1.20. The second kappa shape index (κ2) is 9.70. The first-order valence-electron chi connectivity index (χ1n) is 16.7. The normalized spacial score (nSPS) is 12.8. The van der Waals surface area contributed by atoms with E-state index in [1.165, 1.54) is 82.0 Å². The van der Waals surface area contributed by atoms with Crippen LogP contribution in [0.1, 0.15) is 11.3 Å². The van der Waals surface area contributed by atoms with Crippen molar-refractivity contribution in [2.45, 2.75) is 12.8 Å². The number of furan rings is 2. The maximum Gasteiger partial charge on any atom is 0.136 e. The summed E-state index contributed by atoms with van der Waals surface area (Å²) in [5.74, 6) is 1.10. The lowest BCUT2D eigenvalue weighted by Crippen LogP contribution is -2.01. The van der Waals surface area contributed by atoms with Crippen molar-refractivity contribution in [2.75, 3.05) is 0 Å². The van der Waals surface area contributed by atoms with Crippen LogP contribution in [0.3, 0.4) is 0 Å². The Bertz CT molecular complexity index is 2900. The van der Waals surface area contributed by atoms with Gasteiger partial charge in [0.05, 0.1) is 0 Å². The summed E-state index contributed by atoms with van der Waals surface area (Å²) in [6, 6.07) is 52.9. The van der Waals surface area contributed by atoms with Crippen LogP contribution in [-0.2, 0) is 12.8 Å². The first kappa shape index (κ1) is 26.0. The van der Waals surface area contributed by atoms with E-state index in [9.17, 15) is 0 Å². The van der Waals surface area contributed by atoms with Crippen LogP contribution in [0.15, 0.2) is 154 Å². The highest BCUT2D eigenvalue weighted by Crippen LogP contribution is 2.47. The molecule has 8 aromatic carbocycles. The Morgan fingerprint density at radius 3 is 1.65 bits per heavy atom. The monoisotopic (exact) mass is 612 g/mol. The Morgan fingerprint density at radius 1 is 0.375 bits per heavy atom. The van der Waals surface area contributed by atoms with Gasteiger partial charge < -0.3 is 8.83 Å². The van der Waals surface area contributed by atoms with Crippen LogP contribution >= 0.6 is 0 Å². The molecule has 2 heteroatoms. The summed E-state index contributed by atoms with van der Waals surface area (Å²) < 4.78 is 12.9. The van der Waals surface area contributed by atoms with Gasteiger partial charge in [0.1, 0.15) is 22.5 Å². The average Bonchev–Trinajstić information content (AvgIpc) is 3.72. The molecule has 48 heavy (non-hydrogen) atoms. The molecule has 0 bridgehead atoms. The molecule has 2 nitrogen and oxygen atoms in total. The van der Waals surface area contributed by atoms with Gasteiger partial charge in [-0.25, -0.2) is 0 Å². The minimum absolute atomic E-state index is 0.911. The number of benzene rings is 8. The van der Waals surface area contributed by atoms with Gasteiger partial charge in [-0.05, 0) is 102 Å². The molecule has 0 N–H and O–H groups in total. The molecule has 1 aliphatic carbocycles. The first-order chi connectivity index (χ1) is 23.8. The highest BCUT2D eigenvalue weighted by Gasteiger charge is 2.24. The standard InChI is InChI=1S/C46H28O2/c1-3-11-31-27(9-1)17-23-41-45(31)37-25-29(19-21-39(37)47-41)43-33-13-5-7-15-35(33)44(36-16-8-6-14-34(36)43)30-20-22-40-38(26-30)46-32-12-4-2-10-28(32)18-24-42(46)48-40/h1-17,19-23,25-26H,18,24H2. The van der Waals surface area contributed by atoms with Crippen LogP contribution in [-0.4, -0.2) is 0 Å². The lowest BCUT2D eigenvalue weighted by atomic mass is 9.84. The van der Waals surface area contributed by atoms with Crippen molar-refractivity contribution < 1.29 is 8.83 Å². The molecule has 2 heterocycles. The van der Waals surface area contributed by atoms with E-state index in [0.29, 0.717) is 0 Å². The summed E-state index contributed by atoms with van der Waals surface area (Å²) in [7, 11) is 0. The largest absolute Gasteiger partial charge is 0.460 e. The van der Waals surface area contributed by atoms with E-state index >= 15 is 0 Å². The number of hydrogen-bond acceptors (Lipinski definition) is 2. The van der Waals surface area contributed by atoms with Crippen molar-refractivity contribution in [3.05, 3.63) is 157 Å². The summed E-state index contributed by atoms with van der Waals surface area (Å²) in [5.41, 5.74) is 11.6. The minimum Gasteiger partial charge on any atom is -0.460 e. The number of hydrogen-bond donors (Lipinski definition) is 0. The van der Waals surface area contributed by atoms with E-state index in [1.54, 1.807) is 0 Å². The Kier molecular flexibility index (Phi) is 5.25. The third-order valence-electron chi connectivity index (χ3n) is 10.5. The van der Waals surface area contributed by atoms with E-state index in [-0.39, 0.29) is 0 Å². The SMILES string of the molecule is c1ccc2c(c1)CCc1oc3ccc(-c4c5ccccc5c(-c5ccc6oc7ccc8ccccc8c7c6c5)c5ccccc45)cc3c1-2. The quantitative estimate of drug-likeness (QED) is 0.182. The molecule has 1 aliphatic rings. The van der Waals surface area contributed by atoms with Crippen LogP contribution in [0.5, 0.6) is 0 Å². The molecule has 0 atom stereocenters. The number of rotatable bonds is 2. The Labute approximate surface area is 276 Å². The van der Waals surface area contributed by atoms with E-state index in [4.69, 9.17) is 8.83 Å². The van der Waals surface area contributed by atoms with Crippen molar-refractivity contribution in [1.82, 2.24) is 0 Å². The average molecular weight is 613 g/mol. The van der Waals surface area contributed by atoms with Crippen molar-refractivity contribution in [1.29, 1.82) is 0 Å². The van der Waals surface area contributed by atoms with Crippen molar-refractivity contribution in [3.8, 4) is 33.4 Å². The molecular formula is C46H28O2. The fourth-order valence-corrected chi connectivity index (χ4v) is 8.46. The Hall–Kier alpha value is -6.12. The maximum atomic E-state index is 6.47. The summed E-state index contributed by atoms with van der Waals surface area (Å²) in [4.78, 5) is 0. The topological polar surface area (TPSA) is 26.3 Å². The molecule has 0 amide bonds. The predicted octanol–water partition coefficient (Wildman–Crippen LogP) is 12.9. The number of fused-ring (bicyclic) bond motifs is 12. The van der Waals surface area contributed by atoms with Gasteiger partial charge in [-0.3, -0.25) is 0 Å². The molecule has 10 aromatic rings. The zero-order chi connectivity index (χ0) is 31.3. The lowest BCUT2D eigenvalue weighted by molar-refractivity contribution is 0.546. The molecular weight excluding hydrogens is 585 g/mol. The zero-order valence-corrected chi connectivity index (χ0v) is 26.1. The van der Waals surface area contributed by atoms with Gasteiger partial charge in [0.15, 0.2) is 0 Å². The van der Waals surface area contributed by atoms with Gasteiger partial charge in [0, 0.05) is 28.1 Å². The minimum atomic E-state index is 0.911. The highest BCUT2D eigenvalue weighted by molar-refractivity contribution is 6.24. The fraction of sp³-hybridized carbons (Fsp3) is 0.0435. The Morgan fingerprint density at radius 2 is 0.938 bits per heavy atom. The van der Waals surface area contributed by atoms with Gasteiger partial charge in [-0.2, -0.15) is 0 Å². The molecule has 11 rings (SSSR count).